The van der Waals surface area contributed by atoms with E-state index in [1.165, 1.54) is 32.4 Å². The Bertz CT molecular complexity index is 435. The number of piperidine rings is 1. The molecule has 0 aromatic carbocycles. The minimum absolute atomic E-state index is 0.184. The number of hydrogen-bond donors (Lipinski definition) is 2. The molecule has 2 rings (SSSR count). The molecule has 1 atom stereocenters. The molecule has 3 N–H and O–H groups in total. The van der Waals surface area contributed by atoms with Crippen molar-refractivity contribution < 1.29 is 4.74 Å². The van der Waals surface area contributed by atoms with Gasteiger partial charge in [0.1, 0.15) is 0 Å². The van der Waals surface area contributed by atoms with Gasteiger partial charge in [0.25, 0.3) is 0 Å². The lowest BCUT2D eigenvalue weighted by Crippen LogP contribution is -2.41. The lowest BCUT2D eigenvalue weighted by atomic mass is 10.1. The Hall–Kier alpha value is -1.63. The lowest BCUT2D eigenvalue weighted by molar-refractivity contribution is 0.180. The van der Waals surface area contributed by atoms with Gasteiger partial charge in [0.15, 0.2) is 0 Å². The van der Waals surface area contributed by atoms with Gasteiger partial charge in [0, 0.05) is 12.6 Å². The molecule has 1 aromatic heterocycles. The number of likely N-dealkylation sites (tertiary alicyclic amines) is 1. The van der Waals surface area contributed by atoms with Crippen molar-refractivity contribution in [3.8, 4) is 6.01 Å². The van der Waals surface area contributed by atoms with E-state index in [0.29, 0.717) is 18.6 Å². The van der Waals surface area contributed by atoms with Crippen LogP contribution in [0, 0.1) is 0 Å². The normalized spacial score (nSPS) is 17.4. The number of anilines is 2. The van der Waals surface area contributed by atoms with Crippen molar-refractivity contribution in [2.75, 3.05) is 37.3 Å². The maximum Gasteiger partial charge on any atom is 0.323 e. The first-order valence-corrected chi connectivity index (χ1v) is 7.81. The molecule has 1 aliphatic heterocycles. The summed E-state index contributed by atoms with van der Waals surface area (Å²) in [5, 5.41) is 3.24. The average Bonchev–Trinajstić information content (AvgIpc) is 2.51. The minimum atomic E-state index is 0.184. The maximum atomic E-state index is 5.69. The van der Waals surface area contributed by atoms with Gasteiger partial charge in [0.2, 0.25) is 11.9 Å². The van der Waals surface area contributed by atoms with Gasteiger partial charge in [-0.25, -0.2) is 0 Å². The smallest absolute Gasteiger partial charge is 0.323 e. The fourth-order valence-corrected chi connectivity index (χ4v) is 2.44. The summed E-state index contributed by atoms with van der Waals surface area (Å²) in [5.74, 6) is 0.668. The average molecular weight is 294 g/mol. The van der Waals surface area contributed by atoms with Crippen LogP contribution in [0.5, 0.6) is 6.01 Å². The van der Waals surface area contributed by atoms with E-state index in [-0.39, 0.29) is 12.0 Å². The molecule has 21 heavy (non-hydrogen) atoms. The number of hydrogen-bond acceptors (Lipinski definition) is 7. The second-order valence-corrected chi connectivity index (χ2v) is 5.47. The molecule has 0 saturated carbocycles. The topological polar surface area (TPSA) is 89.2 Å². The highest BCUT2D eigenvalue weighted by atomic mass is 16.5. The van der Waals surface area contributed by atoms with Gasteiger partial charge in [-0.05, 0) is 39.3 Å². The van der Waals surface area contributed by atoms with Crippen LogP contribution in [-0.4, -0.2) is 52.1 Å². The van der Waals surface area contributed by atoms with Gasteiger partial charge in [-0.1, -0.05) is 13.3 Å². The molecule has 0 radical (unpaired) electrons. The van der Waals surface area contributed by atoms with E-state index >= 15 is 0 Å². The molecule has 1 unspecified atom stereocenters. The monoisotopic (exact) mass is 294 g/mol. The Kier molecular flexibility index (Phi) is 5.98. The first-order chi connectivity index (χ1) is 10.2. The van der Waals surface area contributed by atoms with Crippen LogP contribution >= 0.6 is 0 Å². The molecule has 1 saturated heterocycles. The van der Waals surface area contributed by atoms with Crippen LogP contribution in [0.3, 0.4) is 0 Å². The first-order valence-electron chi connectivity index (χ1n) is 7.81. The van der Waals surface area contributed by atoms with Crippen LogP contribution in [0.1, 0.15) is 39.5 Å². The van der Waals surface area contributed by atoms with Crippen LogP contribution in [-0.2, 0) is 0 Å². The number of nitrogens with one attached hydrogen (secondary N) is 1. The number of rotatable bonds is 7. The second kappa shape index (κ2) is 7.97. The number of nitrogen functional groups attached to an aromatic ring is 1. The molecule has 0 amide bonds. The van der Waals surface area contributed by atoms with Crippen LogP contribution in [0.25, 0.3) is 0 Å². The summed E-state index contributed by atoms with van der Waals surface area (Å²) in [6.07, 6.45) is 4.83. The quantitative estimate of drug-likeness (QED) is 0.788. The summed E-state index contributed by atoms with van der Waals surface area (Å²) in [6.45, 7) is 7.96. The van der Waals surface area contributed by atoms with Gasteiger partial charge < -0.3 is 15.8 Å². The Morgan fingerprint density at radius 1 is 1.24 bits per heavy atom. The molecule has 1 aromatic rings. The highest BCUT2D eigenvalue weighted by Gasteiger charge is 2.16. The van der Waals surface area contributed by atoms with Crippen molar-refractivity contribution in [2.24, 2.45) is 0 Å². The minimum Gasteiger partial charge on any atom is -0.463 e. The van der Waals surface area contributed by atoms with E-state index in [1.807, 2.05) is 6.92 Å². The molecule has 118 valence electrons. The lowest BCUT2D eigenvalue weighted by Gasteiger charge is -2.32. The van der Waals surface area contributed by atoms with E-state index in [1.54, 1.807) is 0 Å². The van der Waals surface area contributed by atoms with Gasteiger partial charge in [-0.15, -0.1) is 0 Å². The third-order valence-electron chi connectivity index (χ3n) is 3.64. The molecule has 2 heterocycles. The highest BCUT2D eigenvalue weighted by molar-refractivity contribution is 5.32. The van der Waals surface area contributed by atoms with E-state index < -0.39 is 0 Å². The van der Waals surface area contributed by atoms with Crippen molar-refractivity contribution in [1.29, 1.82) is 0 Å². The third-order valence-corrected chi connectivity index (χ3v) is 3.64. The summed E-state index contributed by atoms with van der Waals surface area (Å²) >= 11 is 0. The number of aromatic nitrogens is 3. The molecule has 7 nitrogen and oxygen atoms in total. The fourth-order valence-electron chi connectivity index (χ4n) is 2.44. The molecule has 7 heteroatoms. The fraction of sp³-hybridized carbons (Fsp3) is 0.786. The van der Waals surface area contributed by atoms with E-state index in [2.05, 4.69) is 32.1 Å². The summed E-state index contributed by atoms with van der Waals surface area (Å²) in [6, 6.07) is 0.737. The van der Waals surface area contributed by atoms with E-state index in [9.17, 15) is 0 Å². The highest BCUT2D eigenvalue weighted by Crippen LogP contribution is 2.13. The van der Waals surface area contributed by atoms with Crippen LogP contribution in [0.15, 0.2) is 0 Å². The van der Waals surface area contributed by atoms with Crippen molar-refractivity contribution in [3.05, 3.63) is 0 Å². The zero-order valence-corrected chi connectivity index (χ0v) is 13.0. The first kappa shape index (κ1) is 15.8. The third kappa shape index (κ3) is 5.00. The van der Waals surface area contributed by atoms with E-state index in [4.69, 9.17) is 10.5 Å². The van der Waals surface area contributed by atoms with E-state index in [0.717, 1.165) is 13.0 Å². The zero-order valence-electron chi connectivity index (χ0n) is 13.0. The number of ether oxygens (including phenoxy) is 1. The maximum absolute atomic E-state index is 5.69. The summed E-state index contributed by atoms with van der Waals surface area (Å²) < 4.78 is 5.41. The van der Waals surface area contributed by atoms with Crippen molar-refractivity contribution >= 4 is 11.9 Å². The van der Waals surface area contributed by atoms with Crippen molar-refractivity contribution in [1.82, 2.24) is 19.9 Å². The van der Waals surface area contributed by atoms with Crippen LogP contribution in [0.4, 0.5) is 11.9 Å². The second-order valence-electron chi connectivity index (χ2n) is 5.47. The Morgan fingerprint density at radius 3 is 2.71 bits per heavy atom. The molecule has 1 aliphatic rings. The molecular formula is C14H26N6O. The summed E-state index contributed by atoms with van der Waals surface area (Å²) in [7, 11) is 0. The number of nitrogens with zero attached hydrogens (tertiary/aromatic N) is 4. The Morgan fingerprint density at radius 2 is 2.00 bits per heavy atom. The van der Waals surface area contributed by atoms with Gasteiger partial charge >= 0.3 is 6.01 Å². The molecule has 0 spiro atoms. The van der Waals surface area contributed by atoms with Gasteiger partial charge in [0.05, 0.1) is 6.61 Å². The SMILES string of the molecule is CCCOc1nc(N)nc(NCC(C)N2CCCCC2)n1. The summed E-state index contributed by atoms with van der Waals surface area (Å²) in [5.41, 5.74) is 5.69. The zero-order chi connectivity index (χ0) is 15.1. The van der Waals surface area contributed by atoms with Gasteiger partial charge in [-0.2, -0.15) is 15.0 Å². The Labute approximate surface area is 126 Å². The standard InChI is InChI=1S/C14H26N6O/c1-3-9-21-14-18-12(15)17-13(19-14)16-10-11(2)20-7-5-4-6-8-20/h11H,3-10H2,1-2H3,(H3,15,16,17,18,19). The van der Waals surface area contributed by atoms with Crippen LogP contribution in [0.2, 0.25) is 0 Å². The van der Waals surface area contributed by atoms with Crippen molar-refractivity contribution in [2.45, 2.75) is 45.6 Å². The predicted octanol–water partition coefficient (Wildman–Crippen LogP) is 1.53. The largest absolute Gasteiger partial charge is 0.463 e. The summed E-state index contributed by atoms with van der Waals surface area (Å²) in [4.78, 5) is 14.8. The predicted molar refractivity (Wildman–Crippen MR) is 83.4 cm³/mol. The van der Waals surface area contributed by atoms with Gasteiger partial charge in [-0.3, -0.25) is 4.90 Å². The molecular weight excluding hydrogens is 268 g/mol. The molecule has 1 fully saturated rings. The Balaban J connectivity index is 1.87. The van der Waals surface area contributed by atoms with Crippen molar-refractivity contribution in [3.63, 3.8) is 0 Å². The molecule has 0 aliphatic carbocycles. The molecule has 0 bridgehead atoms. The van der Waals surface area contributed by atoms with Crippen LogP contribution < -0.4 is 15.8 Å². The number of nitrogens with two attached hydrogens (primary N) is 1.